The van der Waals surface area contributed by atoms with Gasteiger partial charge in [-0.05, 0) is 49.5 Å². The molecule has 0 aliphatic heterocycles. The van der Waals surface area contributed by atoms with Crippen molar-refractivity contribution in [2.24, 2.45) is 0 Å². The van der Waals surface area contributed by atoms with E-state index < -0.39 is 21.8 Å². The van der Waals surface area contributed by atoms with Gasteiger partial charge in [0.25, 0.3) is 0 Å². The molecule has 0 spiro atoms. The second kappa shape index (κ2) is 7.55. The van der Waals surface area contributed by atoms with E-state index in [1.54, 1.807) is 0 Å². The van der Waals surface area contributed by atoms with E-state index in [-0.39, 0.29) is 11.4 Å². The van der Waals surface area contributed by atoms with Gasteiger partial charge in [-0.2, -0.15) is 13.2 Å². The van der Waals surface area contributed by atoms with Crippen molar-refractivity contribution < 1.29 is 21.6 Å². The van der Waals surface area contributed by atoms with Crippen LogP contribution < -0.4 is 4.72 Å². The highest BCUT2D eigenvalue weighted by atomic mass is 32.2. The zero-order valence-corrected chi connectivity index (χ0v) is 14.7. The Bertz CT molecular complexity index is 799. The monoisotopic (exact) mass is 372 g/mol. The van der Waals surface area contributed by atoms with Crippen LogP contribution in [0.5, 0.6) is 0 Å². The maximum absolute atomic E-state index is 12.5. The third kappa shape index (κ3) is 5.55. The predicted octanol–water partition coefficient (Wildman–Crippen LogP) is 3.25. The first-order valence-electron chi connectivity index (χ1n) is 7.47. The molecule has 0 unspecified atom stereocenters. The summed E-state index contributed by atoms with van der Waals surface area (Å²) >= 11 is 0. The summed E-state index contributed by atoms with van der Waals surface area (Å²) in [6, 6.07) is 10.8. The van der Waals surface area contributed by atoms with Crippen molar-refractivity contribution in [2.75, 3.05) is 14.1 Å². The van der Waals surface area contributed by atoms with Gasteiger partial charge >= 0.3 is 6.18 Å². The van der Waals surface area contributed by atoms with Crippen LogP contribution in [-0.2, 0) is 29.3 Å². The van der Waals surface area contributed by atoms with Crippen LogP contribution in [0.3, 0.4) is 0 Å². The molecule has 4 nitrogen and oxygen atoms in total. The molecule has 0 aliphatic carbocycles. The fraction of sp³-hybridized carbons (Fsp3) is 0.294. The van der Waals surface area contributed by atoms with E-state index in [2.05, 4.69) is 4.72 Å². The van der Waals surface area contributed by atoms with E-state index in [0.717, 1.165) is 41.9 Å². The van der Waals surface area contributed by atoms with Crippen LogP contribution in [0.4, 0.5) is 13.2 Å². The Morgan fingerprint density at radius 2 is 1.44 bits per heavy atom. The molecule has 0 atom stereocenters. The molecule has 0 radical (unpaired) electrons. The van der Waals surface area contributed by atoms with E-state index >= 15 is 0 Å². The van der Waals surface area contributed by atoms with Crippen LogP contribution in [0.2, 0.25) is 0 Å². The molecule has 0 aliphatic rings. The molecule has 1 N–H and O–H groups in total. The Kier molecular flexibility index (Phi) is 5.87. The van der Waals surface area contributed by atoms with E-state index in [4.69, 9.17) is 0 Å². The predicted molar refractivity (Wildman–Crippen MR) is 89.3 cm³/mol. The lowest BCUT2D eigenvalue weighted by atomic mass is 10.1. The molecule has 0 aromatic heterocycles. The summed E-state index contributed by atoms with van der Waals surface area (Å²) in [5, 5.41) is 0. The van der Waals surface area contributed by atoms with Crippen LogP contribution in [0.15, 0.2) is 53.4 Å². The van der Waals surface area contributed by atoms with Crippen molar-refractivity contribution in [3.63, 3.8) is 0 Å². The van der Waals surface area contributed by atoms with Gasteiger partial charge in [-0.1, -0.05) is 24.3 Å². The number of hydrogen-bond donors (Lipinski definition) is 1. The number of alkyl halides is 3. The Balaban J connectivity index is 2.04. The minimum Gasteiger partial charge on any atom is -0.305 e. The SMILES string of the molecule is CN(C)Cc1ccc(CNS(=O)(=O)c2ccc(C(F)(F)F)cc2)cc1. The fourth-order valence-electron chi connectivity index (χ4n) is 2.21. The molecule has 0 saturated carbocycles. The number of hydrogen-bond acceptors (Lipinski definition) is 3. The van der Waals surface area contributed by atoms with E-state index in [0.29, 0.717) is 0 Å². The molecular weight excluding hydrogens is 353 g/mol. The van der Waals surface area contributed by atoms with Crippen LogP contribution in [0, 0.1) is 0 Å². The maximum atomic E-state index is 12.5. The summed E-state index contributed by atoms with van der Waals surface area (Å²) in [4.78, 5) is 1.81. The van der Waals surface area contributed by atoms with E-state index in [9.17, 15) is 21.6 Å². The summed E-state index contributed by atoms with van der Waals surface area (Å²) in [6.07, 6.45) is -4.50. The topological polar surface area (TPSA) is 49.4 Å². The lowest BCUT2D eigenvalue weighted by molar-refractivity contribution is -0.137. The van der Waals surface area contributed by atoms with Crippen molar-refractivity contribution in [3.05, 3.63) is 65.2 Å². The van der Waals surface area contributed by atoms with E-state index in [1.165, 1.54) is 0 Å². The average Bonchev–Trinajstić information content (AvgIpc) is 2.53. The molecule has 0 heterocycles. The van der Waals surface area contributed by atoms with Gasteiger partial charge in [0.15, 0.2) is 0 Å². The summed E-state index contributed by atoms with van der Waals surface area (Å²) in [5.41, 5.74) is 0.972. The smallest absolute Gasteiger partial charge is 0.305 e. The largest absolute Gasteiger partial charge is 0.416 e. The first kappa shape index (κ1) is 19.4. The molecule has 2 aromatic rings. The van der Waals surface area contributed by atoms with Crippen LogP contribution in [-0.4, -0.2) is 27.4 Å². The second-order valence-corrected chi connectivity index (χ2v) is 7.67. The van der Waals surface area contributed by atoms with Gasteiger partial charge in [-0.15, -0.1) is 0 Å². The number of nitrogens with one attached hydrogen (secondary N) is 1. The maximum Gasteiger partial charge on any atom is 0.416 e. The van der Waals surface area contributed by atoms with Gasteiger partial charge in [0.2, 0.25) is 10.0 Å². The number of halogens is 3. The third-order valence-corrected chi connectivity index (χ3v) is 4.90. The van der Waals surface area contributed by atoms with Gasteiger partial charge in [0, 0.05) is 13.1 Å². The molecule has 0 saturated heterocycles. The molecule has 0 fully saturated rings. The van der Waals surface area contributed by atoms with Gasteiger partial charge in [0.05, 0.1) is 10.5 Å². The van der Waals surface area contributed by atoms with Crippen molar-refractivity contribution in [1.82, 2.24) is 9.62 Å². The van der Waals surface area contributed by atoms with E-state index in [1.807, 2.05) is 43.3 Å². The summed E-state index contributed by atoms with van der Waals surface area (Å²) < 4.78 is 64.3. The van der Waals surface area contributed by atoms with Crippen molar-refractivity contribution >= 4 is 10.0 Å². The Morgan fingerprint density at radius 3 is 1.92 bits per heavy atom. The van der Waals surface area contributed by atoms with Crippen LogP contribution in [0.1, 0.15) is 16.7 Å². The zero-order chi connectivity index (χ0) is 18.7. The Labute approximate surface area is 145 Å². The van der Waals surface area contributed by atoms with Gasteiger partial charge in [-0.25, -0.2) is 13.1 Å². The molecule has 2 rings (SSSR count). The van der Waals surface area contributed by atoms with Gasteiger partial charge in [0.1, 0.15) is 0 Å². The first-order valence-corrected chi connectivity index (χ1v) is 8.96. The highest BCUT2D eigenvalue weighted by Gasteiger charge is 2.30. The highest BCUT2D eigenvalue weighted by Crippen LogP contribution is 2.29. The average molecular weight is 372 g/mol. The van der Waals surface area contributed by atoms with Gasteiger partial charge in [-0.3, -0.25) is 0 Å². The molecule has 0 amide bonds. The minimum absolute atomic E-state index is 0.0611. The molecule has 0 bridgehead atoms. The standard InChI is InChI=1S/C17H19F3N2O2S/c1-22(2)12-14-5-3-13(4-6-14)11-21-25(23,24)16-9-7-15(8-10-16)17(18,19)20/h3-10,21H,11-12H2,1-2H3. The molecular formula is C17H19F3N2O2S. The normalized spacial score (nSPS) is 12.6. The summed E-state index contributed by atoms with van der Waals surface area (Å²) in [7, 11) is 0.0256. The Hall–Kier alpha value is -1.90. The Morgan fingerprint density at radius 1 is 0.920 bits per heavy atom. The quantitative estimate of drug-likeness (QED) is 0.847. The fourth-order valence-corrected chi connectivity index (χ4v) is 3.23. The van der Waals surface area contributed by atoms with Crippen molar-refractivity contribution in [2.45, 2.75) is 24.2 Å². The third-order valence-electron chi connectivity index (χ3n) is 3.48. The van der Waals surface area contributed by atoms with Crippen molar-refractivity contribution in [1.29, 1.82) is 0 Å². The zero-order valence-electron chi connectivity index (χ0n) is 13.8. The van der Waals surface area contributed by atoms with Crippen molar-refractivity contribution in [3.8, 4) is 0 Å². The molecule has 2 aromatic carbocycles. The lowest BCUT2D eigenvalue weighted by Crippen LogP contribution is -2.23. The number of sulfonamides is 1. The first-order chi connectivity index (χ1) is 11.6. The minimum atomic E-state index is -4.50. The molecule has 8 heteroatoms. The highest BCUT2D eigenvalue weighted by molar-refractivity contribution is 7.89. The molecule has 25 heavy (non-hydrogen) atoms. The number of nitrogens with zero attached hydrogens (tertiary/aromatic N) is 1. The summed E-state index contributed by atoms with van der Waals surface area (Å²) in [6.45, 7) is 0.836. The molecule has 136 valence electrons. The van der Waals surface area contributed by atoms with Crippen LogP contribution >= 0.6 is 0 Å². The van der Waals surface area contributed by atoms with Gasteiger partial charge < -0.3 is 4.90 Å². The summed E-state index contributed by atoms with van der Waals surface area (Å²) in [5.74, 6) is 0. The second-order valence-electron chi connectivity index (χ2n) is 5.90. The lowest BCUT2D eigenvalue weighted by Gasteiger charge is -2.11. The number of rotatable bonds is 6. The number of benzene rings is 2. The van der Waals surface area contributed by atoms with Crippen LogP contribution in [0.25, 0.3) is 0 Å².